The first-order valence-electron chi connectivity index (χ1n) is 7.05. The number of hydrogen-bond acceptors (Lipinski definition) is 4. The largest absolute Gasteiger partial charge is 0.444 e. The monoisotopic (exact) mass is 346 g/mol. The van der Waals surface area contributed by atoms with Gasteiger partial charge in [-0.2, -0.15) is 0 Å². The fourth-order valence-electron chi connectivity index (χ4n) is 1.93. The molecule has 24 heavy (non-hydrogen) atoms. The van der Waals surface area contributed by atoms with Gasteiger partial charge in [0.15, 0.2) is 0 Å². The summed E-state index contributed by atoms with van der Waals surface area (Å²) in [5.74, 6) is -1.48. The number of urea groups is 1. The van der Waals surface area contributed by atoms with Crippen LogP contribution in [0.2, 0.25) is 5.02 Å². The molecule has 2 aromatic carbocycles. The Hall–Kier alpha value is -2.86. The minimum Gasteiger partial charge on any atom is -0.444 e. The lowest BCUT2D eigenvalue weighted by atomic mass is 10.1. The molecule has 0 aliphatic heterocycles. The first kappa shape index (κ1) is 17.5. The molecule has 0 saturated carbocycles. The fourth-order valence-corrected chi connectivity index (χ4v) is 2.12. The predicted molar refractivity (Wildman–Crippen MR) is 88.6 cm³/mol. The lowest BCUT2D eigenvalue weighted by molar-refractivity contribution is -0.129. The molecule has 3 amide bonds. The molecule has 0 heterocycles. The molecule has 0 spiro atoms. The number of halogens is 1. The maximum absolute atomic E-state index is 12.3. The van der Waals surface area contributed by atoms with Crippen LogP contribution in [0.25, 0.3) is 0 Å². The van der Waals surface area contributed by atoms with Crippen LogP contribution < -0.4 is 10.6 Å². The summed E-state index contributed by atoms with van der Waals surface area (Å²) in [6.45, 7) is 0. The lowest BCUT2D eigenvalue weighted by Gasteiger charge is -2.17. The Bertz CT molecular complexity index is 749. The van der Waals surface area contributed by atoms with E-state index in [1.54, 1.807) is 42.5 Å². The van der Waals surface area contributed by atoms with Crippen molar-refractivity contribution in [3.63, 3.8) is 0 Å². The van der Waals surface area contributed by atoms with Crippen molar-refractivity contribution < 1.29 is 19.1 Å². The summed E-state index contributed by atoms with van der Waals surface area (Å²) in [7, 11) is 1.37. The second kappa shape index (κ2) is 8.12. The third-order valence-corrected chi connectivity index (χ3v) is 3.32. The molecule has 124 valence electrons. The van der Waals surface area contributed by atoms with Gasteiger partial charge in [0.2, 0.25) is 6.10 Å². The summed E-state index contributed by atoms with van der Waals surface area (Å²) < 4.78 is 5.30. The van der Waals surface area contributed by atoms with E-state index >= 15 is 0 Å². The van der Waals surface area contributed by atoms with Crippen molar-refractivity contribution in [3.05, 3.63) is 70.7 Å². The average Bonchev–Trinajstić information content (AvgIpc) is 2.59. The van der Waals surface area contributed by atoms with Crippen LogP contribution in [-0.2, 0) is 9.53 Å². The molecule has 1 atom stereocenters. The number of ether oxygens (including phenoxy) is 1. The van der Waals surface area contributed by atoms with Crippen molar-refractivity contribution >= 4 is 29.5 Å². The Labute approximate surface area is 143 Å². The molecule has 0 saturated heterocycles. The standard InChI is InChI=1S/C17H15ClN2O4/c1-19-17(23)20-15(21)14(11-6-3-2-4-7-11)24-16(22)12-8-5-9-13(18)10-12/h2-10,14H,1H3,(H2,19,20,21,23)/t14-/m0/s1. The SMILES string of the molecule is CNC(=O)NC(=O)[C@@H](OC(=O)c1cccc(Cl)c1)c1ccccc1. The predicted octanol–water partition coefficient (Wildman–Crippen LogP) is 2.69. The zero-order valence-corrected chi connectivity index (χ0v) is 13.5. The highest BCUT2D eigenvalue weighted by Crippen LogP contribution is 2.20. The van der Waals surface area contributed by atoms with Crippen LogP contribution >= 0.6 is 11.6 Å². The molecule has 0 unspecified atom stereocenters. The minimum absolute atomic E-state index is 0.205. The zero-order chi connectivity index (χ0) is 17.5. The Morgan fingerprint density at radius 1 is 1.04 bits per heavy atom. The number of imide groups is 1. The molecule has 0 aromatic heterocycles. The molecule has 0 fully saturated rings. The molecule has 2 rings (SSSR count). The van der Waals surface area contributed by atoms with Crippen molar-refractivity contribution in [2.45, 2.75) is 6.10 Å². The highest BCUT2D eigenvalue weighted by molar-refractivity contribution is 6.30. The smallest absolute Gasteiger partial charge is 0.339 e. The quantitative estimate of drug-likeness (QED) is 0.834. The molecular formula is C17H15ClN2O4. The van der Waals surface area contributed by atoms with Crippen LogP contribution in [0.4, 0.5) is 4.79 Å². The van der Waals surface area contributed by atoms with E-state index < -0.39 is 24.0 Å². The Balaban J connectivity index is 2.24. The molecule has 7 heteroatoms. The third-order valence-electron chi connectivity index (χ3n) is 3.09. The number of esters is 1. The number of nitrogens with one attached hydrogen (secondary N) is 2. The van der Waals surface area contributed by atoms with Gasteiger partial charge in [0.1, 0.15) is 0 Å². The molecule has 2 N–H and O–H groups in total. The first-order chi connectivity index (χ1) is 11.5. The van der Waals surface area contributed by atoms with Gasteiger partial charge in [-0.15, -0.1) is 0 Å². The summed E-state index contributed by atoms with van der Waals surface area (Å²) in [6.07, 6.45) is -1.27. The summed E-state index contributed by atoms with van der Waals surface area (Å²) >= 11 is 5.85. The van der Waals surface area contributed by atoms with E-state index in [0.717, 1.165) is 0 Å². The van der Waals surface area contributed by atoms with Crippen LogP contribution in [0.5, 0.6) is 0 Å². The molecule has 2 aromatic rings. The van der Waals surface area contributed by atoms with Gasteiger partial charge in [0, 0.05) is 17.6 Å². The van der Waals surface area contributed by atoms with Gasteiger partial charge < -0.3 is 10.1 Å². The number of carbonyl (C=O) groups is 3. The fraction of sp³-hybridized carbons (Fsp3) is 0.118. The Morgan fingerprint density at radius 2 is 1.75 bits per heavy atom. The number of hydrogen-bond donors (Lipinski definition) is 2. The zero-order valence-electron chi connectivity index (χ0n) is 12.8. The van der Waals surface area contributed by atoms with E-state index in [1.807, 2.05) is 0 Å². The third kappa shape index (κ3) is 4.57. The van der Waals surface area contributed by atoms with E-state index in [-0.39, 0.29) is 5.56 Å². The summed E-state index contributed by atoms with van der Waals surface area (Å²) in [4.78, 5) is 35.9. The van der Waals surface area contributed by atoms with Crippen LogP contribution in [0.1, 0.15) is 22.0 Å². The van der Waals surface area contributed by atoms with Gasteiger partial charge in [0.25, 0.3) is 5.91 Å². The second-order valence-corrected chi connectivity index (χ2v) is 5.21. The average molecular weight is 347 g/mol. The molecule has 0 radical (unpaired) electrons. The van der Waals surface area contributed by atoms with Crippen LogP contribution in [0, 0.1) is 0 Å². The molecule has 0 bridgehead atoms. The van der Waals surface area contributed by atoms with E-state index in [1.165, 1.54) is 19.2 Å². The minimum atomic E-state index is -1.27. The molecular weight excluding hydrogens is 332 g/mol. The highest BCUT2D eigenvalue weighted by Gasteiger charge is 2.26. The number of benzene rings is 2. The van der Waals surface area contributed by atoms with Gasteiger partial charge in [0.05, 0.1) is 5.56 Å². The van der Waals surface area contributed by atoms with Crippen LogP contribution in [-0.4, -0.2) is 25.0 Å². The maximum Gasteiger partial charge on any atom is 0.339 e. The van der Waals surface area contributed by atoms with E-state index in [2.05, 4.69) is 10.6 Å². The van der Waals surface area contributed by atoms with Gasteiger partial charge in [-0.1, -0.05) is 48.0 Å². The molecule has 6 nitrogen and oxygen atoms in total. The Morgan fingerprint density at radius 3 is 2.38 bits per heavy atom. The van der Waals surface area contributed by atoms with Gasteiger partial charge >= 0.3 is 12.0 Å². The normalized spacial score (nSPS) is 11.2. The molecule has 0 aliphatic carbocycles. The van der Waals surface area contributed by atoms with E-state index in [4.69, 9.17) is 16.3 Å². The molecule has 0 aliphatic rings. The first-order valence-corrected chi connectivity index (χ1v) is 7.43. The van der Waals surface area contributed by atoms with Crippen molar-refractivity contribution in [2.75, 3.05) is 7.05 Å². The van der Waals surface area contributed by atoms with Crippen molar-refractivity contribution in [1.29, 1.82) is 0 Å². The van der Waals surface area contributed by atoms with Crippen molar-refractivity contribution in [3.8, 4) is 0 Å². The summed E-state index contributed by atoms with van der Waals surface area (Å²) in [5.41, 5.74) is 0.644. The van der Waals surface area contributed by atoms with Crippen LogP contribution in [0.3, 0.4) is 0 Å². The van der Waals surface area contributed by atoms with Crippen LogP contribution in [0.15, 0.2) is 54.6 Å². The maximum atomic E-state index is 12.3. The van der Waals surface area contributed by atoms with E-state index in [9.17, 15) is 14.4 Å². The second-order valence-electron chi connectivity index (χ2n) is 4.77. The number of amides is 3. The van der Waals surface area contributed by atoms with Crippen molar-refractivity contribution in [2.24, 2.45) is 0 Å². The highest BCUT2D eigenvalue weighted by atomic mass is 35.5. The van der Waals surface area contributed by atoms with Gasteiger partial charge in [-0.05, 0) is 18.2 Å². The summed E-state index contributed by atoms with van der Waals surface area (Å²) in [6, 6.07) is 13.9. The lowest BCUT2D eigenvalue weighted by Crippen LogP contribution is -2.41. The van der Waals surface area contributed by atoms with Gasteiger partial charge in [-0.3, -0.25) is 10.1 Å². The topological polar surface area (TPSA) is 84.5 Å². The van der Waals surface area contributed by atoms with Gasteiger partial charge in [-0.25, -0.2) is 9.59 Å². The number of rotatable bonds is 4. The number of carbonyl (C=O) groups excluding carboxylic acids is 3. The van der Waals surface area contributed by atoms with E-state index in [0.29, 0.717) is 10.6 Å². The van der Waals surface area contributed by atoms with Crippen molar-refractivity contribution in [1.82, 2.24) is 10.6 Å². The summed E-state index contributed by atoms with van der Waals surface area (Å²) in [5, 5.41) is 4.74. The Kier molecular flexibility index (Phi) is 5.92.